The van der Waals surface area contributed by atoms with Crippen molar-refractivity contribution in [3.8, 4) is 0 Å². The number of aromatic nitrogens is 2. The number of aromatic amines is 1. The molecule has 29 heavy (non-hydrogen) atoms. The summed E-state index contributed by atoms with van der Waals surface area (Å²) in [7, 11) is 0. The van der Waals surface area contributed by atoms with E-state index in [0.29, 0.717) is 12.5 Å². The summed E-state index contributed by atoms with van der Waals surface area (Å²) in [6.07, 6.45) is 0. The standard InChI is InChI=1S/C18H17F2N3.C2H2O4/c1-11-2-5-16-17(6-11)22-18(21-16)13-9-23(10-13)8-12-3-4-14(19)15(20)7-12;3-1(4)2(5)6/h2-7,13H,8-10H2,1H3,(H,21,22);(H,3,4)(H,5,6). The maximum atomic E-state index is 13.2. The number of carboxylic acids is 2. The van der Waals surface area contributed by atoms with Gasteiger partial charge < -0.3 is 15.2 Å². The van der Waals surface area contributed by atoms with Gasteiger partial charge in [-0.15, -0.1) is 0 Å². The fourth-order valence-electron chi connectivity index (χ4n) is 3.10. The summed E-state index contributed by atoms with van der Waals surface area (Å²) in [4.78, 5) is 28.4. The molecule has 0 spiro atoms. The largest absolute Gasteiger partial charge is 0.473 e. The summed E-state index contributed by atoms with van der Waals surface area (Å²) in [5, 5.41) is 14.8. The highest BCUT2D eigenvalue weighted by molar-refractivity contribution is 6.27. The number of carboxylic acid groups (broad SMARTS) is 2. The van der Waals surface area contributed by atoms with Crippen molar-refractivity contribution in [2.45, 2.75) is 19.4 Å². The molecule has 1 fully saturated rings. The Morgan fingerprint density at radius 2 is 1.79 bits per heavy atom. The Kier molecular flexibility index (Phi) is 5.88. The Labute approximate surface area is 164 Å². The average Bonchev–Trinajstić information content (AvgIpc) is 3.03. The number of H-pyrrole nitrogens is 1. The predicted molar refractivity (Wildman–Crippen MR) is 100 cm³/mol. The van der Waals surface area contributed by atoms with Crippen LogP contribution in [0.15, 0.2) is 36.4 Å². The monoisotopic (exact) mass is 403 g/mol. The van der Waals surface area contributed by atoms with Crippen LogP contribution in [-0.2, 0) is 16.1 Å². The number of nitrogens with one attached hydrogen (secondary N) is 1. The zero-order valence-electron chi connectivity index (χ0n) is 15.5. The highest BCUT2D eigenvalue weighted by Crippen LogP contribution is 2.28. The Morgan fingerprint density at radius 1 is 1.10 bits per heavy atom. The van der Waals surface area contributed by atoms with Crippen molar-refractivity contribution in [2.24, 2.45) is 0 Å². The molecular formula is C20H19F2N3O4. The number of imidazole rings is 1. The van der Waals surface area contributed by atoms with Crippen molar-refractivity contribution in [1.29, 1.82) is 0 Å². The van der Waals surface area contributed by atoms with Crippen LogP contribution in [0.4, 0.5) is 8.78 Å². The smallest absolute Gasteiger partial charge is 0.414 e. The third-order valence-electron chi connectivity index (χ3n) is 4.57. The van der Waals surface area contributed by atoms with Crippen molar-refractivity contribution in [1.82, 2.24) is 14.9 Å². The summed E-state index contributed by atoms with van der Waals surface area (Å²) in [5.41, 5.74) is 4.06. The molecule has 0 bridgehead atoms. The third-order valence-corrected chi connectivity index (χ3v) is 4.57. The molecule has 0 unspecified atom stereocenters. The minimum absolute atomic E-state index is 0.369. The molecular weight excluding hydrogens is 384 g/mol. The summed E-state index contributed by atoms with van der Waals surface area (Å²) in [6, 6.07) is 10.3. The van der Waals surface area contributed by atoms with Crippen molar-refractivity contribution in [3.05, 3.63) is 65.0 Å². The van der Waals surface area contributed by atoms with Gasteiger partial charge in [0, 0.05) is 25.6 Å². The van der Waals surface area contributed by atoms with Gasteiger partial charge in [-0.3, -0.25) is 4.90 Å². The zero-order chi connectivity index (χ0) is 21.1. The Balaban J connectivity index is 0.000000353. The van der Waals surface area contributed by atoms with Crippen molar-refractivity contribution in [3.63, 3.8) is 0 Å². The molecule has 1 saturated heterocycles. The average molecular weight is 403 g/mol. The summed E-state index contributed by atoms with van der Waals surface area (Å²) in [5.74, 6) is -3.86. The first-order valence-electron chi connectivity index (χ1n) is 8.81. The first-order valence-corrected chi connectivity index (χ1v) is 8.81. The van der Waals surface area contributed by atoms with Gasteiger partial charge >= 0.3 is 11.9 Å². The van der Waals surface area contributed by atoms with Crippen molar-refractivity contribution >= 4 is 23.0 Å². The third kappa shape index (κ3) is 4.94. The van der Waals surface area contributed by atoms with Crippen LogP contribution in [0, 0.1) is 18.6 Å². The molecule has 9 heteroatoms. The van der Waals surface area contributed by atoms with E-state index in [1.165, 1.54) is 17.7 Å². The molecule has 3 aromatic rings. The van der Waals surface area contributed by atoms with Crippen molar-refractivity contribution in [2.75, 3.05) is 13.1 Å². The lowest BCUT2D eigenvalue weighted by atomic mass is 9.98. The highest BCUT2D eigenvalue weighted by atomic mass is 19.2. The molecule has 1 aromatic heterocycles. The van der Waals surface area contributed by atoms with Gasteiger partial charge in [0.1, 0.15) is 5.82 Å². The number of aliphatic carboxylic acids is 2. The molecule has 152 valence electrons. The maximum Gasteiger partial charge on any atom is 0.414 e. The Hall–Kier alpha value is -3.33. The topological polar surface area (TPSA) is 107 Å². The second kappa shape index (κ2) is 8.36. The van der Waals surface area contributed by atoms with Gasteiger partial charge in [0.05, 0.1) is 11.0 Å². The molecule has 1 aliphatic rings. The van der Waals surface area contributed by atoms with Crippen LogP contribution in [0.2, 0.25) is 0 Å². The summed E-state index contributed by atoms with van der Waals surface area (Å²) in [6.45, 7) is 4.44. The molecule has 1 aliphatic heterocycles. The lowest BCUT2D eigenvalue weighted by molar-refractivity contribution is -0.159. The van der Waals surface area contributed by atoms with E-state index in [1.807, 2.05) is 6.07 Å². The zero-order valence-corrected chi connectivity index (χ0v) is 15.5. The van der Waals surface area contributed by atoms with Gasteiger partial charge in [-0.05, 0) is 42.3 Å². The molecule has 0 atom stereocenters. The number of halogens is 2. The molecule has 0 aliphatic carbocycles. The first-order chi connectivity index (χ1) is 13.7. The number of fused-ring (bicyclic) bond motifs is 1. The number of carbonyl (C=O) groups is 2. The van der Waals surface area contributed by atoms with E-state index in [0.717, 1.165) is 35.5 Å². The fraction of sp³-hybridized carbons (Fsp3) is 0.250. The molecule has 7 nitrogen and oxygen atoms in total. The van der Waals surface area contributed by atoms with Gasteiger partial charge in [-0.25, -0.2) is 23.4 Å². The Morgan fingerprint density at radius 3 is 2.41 bits per heavy atom. The van der Waals surface area contributed by atoms with E-state index >= 15 is 0 Å². The number of nitrogens with zero attached hydrogens (tertiary/aromatic N) is 2. The number of hydrogen-bond donors (Lipinski definition) is 3. The van der Waals surface area contributed by atoms with E-state index in [9.17, 15) is 8.78 Å². The lowest BCUT2D eigenvalue weighted by Crippen LogP contribution is -2.44. The number of hydrogen-bond acceptors (Lipinski definition) is 4. The lowest BCUT2D eigenvalue weighted by Gasteiger charge is -2.38. The van der Waals surface area contributed by atoms with E-state index in [-0.39, 0.29) is 0 Å². The van der Waals surface area contributed by atoms with Crippen LogP contribution in [0.25, 0.3) is 11.0 Å². The van der Waals surface area contributed by atoms with E-state index in [4.69, 9.17) is 19.8 Å². The second-order valence-corrected chi connectivity index (χ2v) is 6.89. The molecule has 2 aromatic carbocycles. The van der Waals surface area contributed by atoms with Gasteiger partial charge in [-0.2, -0.15) is 0 Å². The van der Waals surface area contributed by atoms with Crippen LogP contribution < -0.4 is 0 Å². The van der Waals surface area contributed by atoms with Gasteiger partial charge in [0.25, 0.3) is 0 Å². The van der Waals surface area contributed by atoms with Gasteiger partial charge in [0.15, 0.2) is 11.6 Å². The summed E-state index contributed by atoms with van der Waals surface area (Å²) >= 11 is 0. The number of rotatable bonds is 3. The Bertz CT molecular complexity index is 1050. The summed E-state index contributed by atoms with van der Waals surface area (Å²) < 4.78 is 26.2. The molecule has 4 rings (SSSR count). The molecule has 0 radical (unpaired) electrons. The van der Waals surface area contributed by atoms with Gasteiger partial charge in [0.2, 0.25) is 0 Å². The number of aryl methyl sites for hydroxylation is 1. The van der Waals surface area contributed by atoms with E-state index < -0.39 is 23.6 Å². The number of likely N-dealkylation sites (tertiary alicyclic amines) is 1. The van der Waals surface area contributed by atoms with Gasteiger partial charge in [-0.1, -0.05) is 12.1 Å². The minimum Gasteiger partial charge on any atom is -0.473 e. The normalized spacial score (nSPS) is 14.2. The molecule has 2 heterocycles. The second-order valence-electron chi connectivity index (χ2n) is 6.89. The SMILES string of the molecule is Cc1ccc2nc(C3CN(Cc4ccc(F)c(F)c4)C3)[nH]c2c1.O=C(O)C(=O)O. The van der Waals surface area contributed by atoms with Crippen LogP contribution in [0.1, 0.15) is 22.9 Å². The van der Waals surface area contributed by atoms with Crippen LogP contribution in [-0.4, -0.2) is 50.1 Å². The maximum absolute atomic E-state index is 13.2. The van der Waals surface area contributed by atoms with Crippen LogP contribution in [0.3, 0.4) is 0 Å². The molecule has 0 saturated carbocycles. The quantitative estimate of drug-likeness (QED) is 0.581. The van der Waals surface area contributed by atoms with Crippen LogP contribution in [0.5, 0.6) is 0 Å². The van der Waals surface area contributed by atoms with E-state index in [2.05, 4.69) is 33.9 Å². The fourth-order valence-corrected chi connectivity index (χ4v) is 3.10. The van der Waals surface area contributed by atoms with Crippen molar-refractivity contribution < 1.29 is 28.6 Å². The highest BCUT2D eigenvalue weighted by Gasteiger charge is 2.30. The minimum atomic E-state index is -1.82. The molecule has 0 amide bonds. The number of benzene rings is 2. The van der Waals surface area contributed by atoms with Crippen LogP contribution >= 0.6 is 0 Å². The van der Waals surface area contributed by atoms with E-state index in [1.54, 1.807) is 6.07 Å². The predicted octanol–water partition coefficient (Wildman–Crippen LogP) is 2.90. The first kappa shape index (κ1) is 20.4. The molecule has 3 N–H and O–H groups in total.